The Morgan fingerprint density at radius 3 is 2.38 bits per heavy atom. The number of amides is 2. The molecular formula is C21H19ClF3N3O3S. The number of sulfonamides is 1. The van der Waals surface area contributed by atoms with E-state index in [-0.39, 0.29) is 12.2 Å². The molecule has 2 aromatic rings. The number of hydrogen-bond donors (Lipinski definition) is 1. The van der Waals surface area contributed by atoms with E-state index in [1.807, 2.05) is 0 Å². The summed E-state index contributed by atoms with van der Waals surface area (Å²) < 4.78 is 65.3. The van der Waals surface area contributed by atoms with Crippen molar-refractivity contribution in [2.75, 3.05) is 15.9 Å². The molecule has 3 rings (SSSR count). The smallest absolute Gasteiger partial charge is 0.308 e. The van der Waals surface area contributed by atoms with Gasteiger partial charge in [0.25, 0.3) is 0 Å². The van der Waals surface area contributed by atoms with E-state index < -0.39 is 28.3 Å². The first-order valence-electron chi connectivity index (χ1n) is 9.29. The number of allylic oxidation sites excluding steroid dienone is 2. The summed E-state index contributed by atoms with van der Waals surface area (Å²) in [4.78, 5) is 12.9. The Balaban J connectivity index is 1.78. The molecule has 0 saturated carbocycles. The van der Waals surface area contributed by atoms with E-state index in [9.17, 15) is 26.4 Å². The van der Waals surface area contributed by atoms with Crippen LogP contribution in [0, 0.1) is 0 Å². The van der Waals surface area contributed by atoms with Gasteiger partial charge in [-0.25, -0.2) is 13.2 Å². The molecule has 0 aromatic heterocycles. The third-order valence-electron chi connectivity index (χ3n) is 4.60. The molecule has 170 valence electrons. The van der Waals surface area contributed by atoms with Crippen LogP contribution in [0.15, 0.2) is 73.0 Å². The fraction of sp³-hybridized carbons (Fsp3) is 0.190. The Bertz CT molecular complexity index is 1150. The predicted molar refractivity (Wildman–Crippen MR) is 118 cm³/mol. The number of halogens is 4. The largest absolute Gasteiger partial charge is 0.412 e. The maximum absolute atomic E-state index is 13.2. The number of hydrogen-bond acceptors (Lipinski definition) is 3. The number of rotatable bonds is 5. The van der Waals surface area contributed by atoms with Gasteiger partial charge in [0.05, 0.1) is 18.5 Å². The lowest BCUT2D eigenvalue weighted by molar-refractivity contribution is -0.157. The number of nitrogens with one attached hydrogen (secondary N) is 1. The van der Waals surface area contributed by atoms with Crippen molar-refractivity contribution >= 4 is 39.0 Å². The van der Waals surface area contributed by atoms with Crippen LogP contribution in [0.2, 0.25) is 5.02 Å². The highest BCUT2D eigenvalue weighted by molar-refractivity contribution is 7.92. The van der Waals surface area contributed by atoms with Crippen LogP contribution in [-0.4, -0.2) is 37.8 Å². The van der Waals surface area contributed by atoms with Gasteiger partial charge in [-0.2, -0.15) is 13.2 Å². The van der Waals surface area contributed by atoms with Crippen LogP contribution in [0.4, 0.5) is 29.3 Å². The van der Waals surface area contributed by atoms with Crippen molar-refractivity contribution < 1.29 is 26.4 Å². The molecule has 1 N–H and O–H groups in total. The third-order valence-corrected chi connectivity index (χ3v) is 6.11. The summed E-state index contributed by atoms with van der Waals surface area (Å²) in [5.41, 5.74) is 1.10. The van der Waals surface area contributed by atoms with Crippen molar-refractivity contribution in [3.05, 3.63) is 83.5 Å². The molecule has 1 unspecified atom stereocenters. The van der Waals surface area contributed by atoms with Crippen LogP contribution in [0.25, 0.3) is 0 Å². The van der Waals surface area contributed by atoms with Crippen molar-refractivity contribution in [1.82, 2.24) is 4.90 Å². The van der Waals surface area contributed by atoms with Crippen LogP contribution in [-0.2, 0) is 16.6 Å². The zero-order chi connectivity index (χ0) is 23.5. The zero-order valence-corrected chi connectivity index (χ0v) is 18.3. The topological polar surface area (TPSA) is 69.7 Å². The molecule has 1 atom stereocenters. The first-order chi connectivity index (χ1) is 15.0. The fourth-order valence-corrected chi connectivity index (χ4v) is 4.11. The Morgan fingerprint density at radius 2 is 1.78 bits per heavy atom. The van der Waals surface area contributed by atoms with Crippen LogP contribution in [0.1, 0.15) is 5.56 Å². The summed E-state index contributed by atoms with van der Waals surface area (Å²) in [6, 6.07) is 9.46. The minimum atomic E-state index is -4.63. The molecule has 2 aromatic carbocycles. The van der Waals surface area contributed by atoms with E-state index in [0.29, 0.717) is 21.2 Å². The Kier molecular flexibility index (Phi) is 6.85. The summed E-state index contributed by atoms with van der Waals surface area (Å²) in [5.74, 6) is 0. The Morgan fingerprint density at radius 1 is 1.12 bits per heavy atom. The summed E-state index contributed by atoms with van der Waals surface area (Å²) in [6.45, 7) is -0.0115. The second-order valence-electron chi connectivity index (χ2n) is 6.96. The highest BCUT2D eigenvalue weighted by Crippen LogP contribution is 2.29. The lowest BCUT2D eigenvalue weighted by atomic mass is 10.2. The van der Waals surface area contributed by atoms with Gasteiger partial charge in [-0.05, 0) is 42.0 Å². The maximum Gasteiger partial charge on any atom is 0.412 e. The van der Waals surface area contributed by atoms with Crippen LogP contribution in [0.5, 0.6) is 0 Å². The number of alkyl halides is 3. The number of benzene rings is 2. The number of anilines is 2. The molecule has 1 heterocycles. The van der Waals surface area contributed by atoms with Gasteiger partial charge in [-0.3, -0.25) is 9.21 Å². The quantitative estimate of drug-likeness (QED) is 0.636. The first kappa shape index (κ1) is 23.7. The normalized spacial score (nSPS) is 16.2. The van der Waals surface area contributed by atoms with Crippen LogP contribution < -0.4 is 9.62 Å². The molecule has 0 fully saturated rings. The molecular weight excluding hydrogens is 467 g/mol. The highest BCUT2D eigenvalue weighted by atomic mass is 35.5. The van der Waals surface area contributed by atoms with Crippen molar-refractivity contribution in [2.45, 2.75) is 18.8 Å². The van der Waals surface area contributed by atoms with E-state index in [4.69, 9.17) is 11.6 Å². The Hall–Kier alpha value is -2.98. The third kappa shape index (κ3) is 5.63. The fourth-order valence-electron chi connectivity index (χ4n) is 3.04. The second kappa shape index (κ2) is 9.25. The predicted octanol–water partition coefficient (Wildman–Crippen LogP) is 5.15. The molecule has 0 saturated heterocycles. The van der Waals surface area contributed by atoms with Crippen molar-refractivity contribution in [2.24, 2.45) is 0 Å². The number of nitrogens with zero attached hydrogens (tertiary/aromatic N) is 2. The molecule has 1 aliphatic heterocycles. The summed E-state index contributed by atoms with van der Waals surface area (Å²) >= 11 is 6.14. The monoisotopic (exact) mass is 485 g/mol. The molecule has 0 radical (unpaired) electrons. The molecule has 1 aliphatic rings. The standard InChI is InChI=1S/C21H19ClF3N3O3S/c1-32(30,31)28(14-15-6-2-3-7-18(15)22)17-11-9-16(10-12-17)26-20(29)27-13-5-4-8-19(27)21(23,24)25/h2-13,19H,14H2,1H3,(H,26,29). The number of carbonyl (C=O) groups is 1. The van der Waals surface area contributed by atoms with E-state index in [1.54, 1.807) is 24.3 Å². The molecule has 2 amide bonds. The lowest BCUT2D eigenvalue weighted by Gasteiger charge is -2.30. The minimum Gasteiger partial charge on any atom is -0.308 e. The van der Waals surface area contributed by atoms with Gasteiger partial charge in [0.15, 0.2) is 6.04 Å². The van der Waals surface area contributed by atoms with E-state index in [1.165, 1.54) is 36.4 Å². The van der Waals surface area contributed by atoms with E-state index in [0.717, 1.165) is 22.8 Å². The molecule has 0 spiro atoms. The molecule has 6 nitrogen and oxygen atoms in total. The zero-order valence-electron chi connectivity index (χ0n) is 16.8. The van der Waals surface area contributed by atoms with Crippen molar-refractivity contribution in [3.63, 3.8) is 0 Å². The minimum absolute atomic E-state index is 0.0115. The van der Waals surface area contributed by atoms with Gasteiger partial charge >= 0.3 is 12.2 Å². The molecule has 0 aliphatic carbocycles. The Labute approximate surface area is 188 Å². The van der Waals surface area contributed by atoms with Gasteiger partial charge in [-0.15, -0.1) is 0 Å². The van der Waals surface area contributed by atoms with Gasteiger partial charge in [0.2, 0.25) is 10.0 Å². The number of carbonyl (C=O) groups excluding carboxylic acids is 1. The van der Waals surface area contributed by atoms with E-state index in [2.05, 4.69) is 5.32 Å². The highest BCUT2D eigenvalue weighted by Gasteiger charge is 2.44. The average Bonchev–Trinajstić information content (AvgIpc) is 2.72. The molecule has 0 bridgehead atoms. The van der Waals surface area contributed by atoms with Crippen molar-refractivity contribution in [1.29, 1.82) is 0 Å². The molecule has 11 heteroatoms. The van der Waals surface area contributed by atoms with E-state index >= 15 is 0 Å². The van der Waals surface area contributed by atoms with Crippen molar-refractivity contribution in [3.8, 4) is 0 Å². The van der Waals surface area contributed by atoms with Gasteiger partial charge in [0, 0.05) is 16.9 Å². The molecule has 32 heavy (non-hydrogen) atoms. The summed E-state index contributed by atoms with van der Waals surface area (Å²) in [6.07, 6.45) is 0.877. The maximum atomic E-state index is 13.2. The summed E-state index contributed by atoms with van der Waals surface area (Å²) in [5, 5.41) is 2.80. The van der Waals surface area contributed by atoms with Crippen LogP contribution >= 0.6 is 11.6 Å². The SMILES string of the molecule is CS(=O)(=O)N(Cc1ccccc1Cl)c1ccc(NC(=O)N2C=CC=CC2C(F)(F)F)cc1. The lowest BCUT2D eigenvalue weighted by Crippen LogP contribution is -2.47. The first-order valence-corrected chi connectivity index (χ1v) is 11.5. The summed E-state index contributed by atoms with van der Waals surface area (Å²) in [7, 11) is -3.67. The van der Waals surface area contributed by atoms with Gasteiger partial charge < -0.3 is 5.32 Å². The van der Waals surface area contributed by atoms with Crippen LogP contribution in [0.3, 0.4) is 0 Å². The second-order valence-corrected chi connectivity index (χ2v) is 9.27. The number of urea groups is 1. The van der Waals surface area contributed by atoms with Gasteiger partial charge in [0.1, 0.15) is 0 Å². The van der Waals surface area contributed by atoms with Gasteiger partial charge in [-0.1, -0.05) is 42.0 Å². The average molecular weight is 486 g/mol.